The van der Waals surface area contributed by atoms with Gasteiger partial charge in [0.2, 0.25) is 0 Å². The molecule has 0 atom stereocenters. The summed E-state index contributed by atoms with van der Waals surface area (Å²) in [5.74, 6) is 0. The van der Waals surface area contributed by atoms with Gasteiger partial charge in [0, 0.05) is 32.3 Å². The molecule has 1 N–H and O–H groups in total. The van der Waals surface area contributed by atoms with Crippen molar-refractivity contribution >= 4 is 0 Å². The fourth-order valence-corrected chi connectivity index (χ4v) is 1.75. The van der Waals surface area contributed by atoms with Gasteiger partial charge in [0.05, 0.1) is 6.54 Å². The Hall–Kier alpha value is -0.330. The van der Waals surface area contributed by atoms with Crippen LogP contribution in [-0.4, -0.2) is 57.0 Å². The Bertz CT molecular complexity index is 193. The Morgan fingerprint density at radius 3 is 2.50 bits per heavy atom. The minimum Gasteiger partial charge on any atom is -0.381 e. The Morgan fingerprint density at radius 2 is 1.94 bits per heavy atom. The zero-order valence-corrected chi connectivity index (χ0v) is 9.52. The van der Waals surface area contributed by atoms with Gasteiger partial charge in [-0.1, -0.05) is 0 Å². The lowest BCUT2D eigenvalue weighted by molar-refractivity contribution is -0.142. The number of nitrogens with one attached hydrogen (secondary N) is 1. The second-order valence-corrected chi connectivity index (χ2v) is 4.19. The number of alkyl halides is 3. The van der Waals surface area contributed by atoms with Gasteiger partial charge in [0.15, 0.2) is 0 Å². The average molecular weight is 240 g/mol. The zero-order valence-electron chi connectivity index (χ0n) is 9.52. The largest absolute Gasteiger partial charge is 0.401 e. The second-order valence-electron chi connectivity index (χ2n) is 4.19. The number of halogens is 3. The molecule has 0 amide bonds. The van der Waals surface area contributed by atoms with Crippen LogP contribution in [0.1, 0.15) is 12.8 Å². The highest BCUT2D eigenvalue weighted by Gasteiger charge is 2.28. The van der Waals surface area contributed by atoms with Crippen LogP contribution >= 0.6 is 0 Å². The van der Waals surface area contributed by atoms with Gasteiger partial charge in [0.25, 0.3) is 0 Å². The van der Waals surface area contributed by atoms with E-state index in [4.69, 9.17) is 4.74 Å². The van der Waals surface area contributed by atoms with Crippen LogP contribution in [0.15, 0.2) is 0 Å². The molecule has 1 rings (SSSR count). The molecule has 6 heteroatoms. The Balaban J connectivity index is 2.05. The molecule has 1 aliphatic rings. The predicted molar refractivity (Wildman–Crippen MR) is 55.4 cm³/mol. The normalized spacial score (nSPS) is 19.3. The summed E-state index contributed by atoms with van der Waals surface area (Å²) < 4.78 is 41.2. The van der Waals surface area contributed by atoms with Crippen LogP contribution < -0.4 is 5.32 Å². The van der Waals surface area contributed by atoms with Gasteiger partial charge in [-0.3, -0.25) is 4.90 Å². The van der Waals surface area contributed by atoms with Crippen molar-refractivity contribution in [2.45, 2.75) is 25.1 Å². The van der Waals surface area contributed by atoms with Crippen LogP contribution in [0.3, 0.4) is 0 Å². The molecule has 16 heavy (non-hydrogen) atoms. The van der Waals surface area contributed by atoms with Gasteiger partial charge in [-0.05, 0) is 19.9 Å². The quantitative estimate of drug-likeness (QED) is 0.782. The van der Waals surface area contributed by atoms with Crippen molar-refractivity contribution in [3.05, 3.63) is 0 Å². The minimum atomic E-state index is -4.10. The van der Waals surface area contributed by atoms with Gasteiger partial charge in [-0.15, -0.1) is 0 Å². The topological polar surface area (TPSA) is 24.5 Å². The highest BCUT2D eigenvalue weighted by Crippen LogP contribution is 2.15. The van der Waals surface area contributed by atoms with E-state index in [9.17, 15) is 13.2 Å². The molecule has 0 spiro atoms. The first-order valence-electron chi connectivity index (χ1n) is 5.54. The maximum absolute atomic E-state index is 12.0. The van der Waals surface area contributed by atoms with Crippen LogP contribution in [0.5, 0.6) is 0 Å². The predicted octanol–water partition coefficient (Wildman–Crippen LogP) is 1.25. The lowest BCUT2D eigenvalue weighted by atomic mass is 10.1. The first kappa shape index (κ1) is 13.7. The van der Waals surface area contributed by atoms with Crippen LogP contribution in [0, 0.1) is 0 Å². The van der Waals surface area contributed by atoms with Gasteiger partial charge in [-0.2, -0.15) is 13.2 Å². The maximum Gasteiger partial charge on any atom is 0.401 e. The monoisotopic (exact) mass is 240 g/mol. The van der Waals surface area contributed by atoms with E-state index in [0.717, 1.165) is 26.1 Å². The van der Waals surface area contributed by atoms with Crippen molar-refractivity contribution in [1.29, 1.82) is 0 Å². The molecule has 1 heterocycles. The summed E-state index contributed by atoms with van der Waals surface area (Å²) in [6, 6.07) is 0.396. The van der Waals surface area contributed by atoms with Crippen LogP contribution in [0.4, 0.5) is 13.2 Å². The highest BCUT2D eigenvalue weighted by molar-refractivity contribution is 4.71. The van der Waals surface area contributed by atoms with Gasteiger partial charge >= 0.3 is 6.18 Å². The molecule has 0 aromatic rings. The fourth-order valence-electron chi connectivity index (χ4n) is 1.75. The van der Waals surface area contributed by atoms with Crippen molar-refractivity contribution < 1.29 is 17.9 Å². The molecule has 96 valence electrons. The Kier molecular flexibility index (Phi) is 5.51. The molecular weight excluding hydrogens is 221 g/mol. The zero-order chi connectivity index (χ0) is 12.0. The molecule has 0 unspecified atom stereocenters. The van der Waals surface area contributed by atoms with Crippen molar-refractivity contribution in [3.63, 3.8) is 0 Å². The number of hydrogen-bond acceptors (Lipinski definition) is 3. The van der Waals surface area contributed by atoms with Crippen molar-refractivity contribution in [2.24, 2.45) is 0 Å². The smallest absolute Gasteiger partial charge is 0.381 e. The molecule has 0 radical (unpaired) electrons. The standard InChI is InChI=1S/C10H19F3N2O/c1-15(8-10(11,12)13)5-4-14-9-2-6-16-7-3-9/h9,14H,2-8H2,1H3. The lowest BCUT2D eigenvalue weighted by Crippen LogP contribution is -2.41. The molecule has 1 fully saturated rings. The summed E-state index contributed by atoms with van der Waals surface area (Å²) in [6.45, 7) is 1.66. The summed E-state index contributed by atoms with van der Waals surface area (Å²) in [7, 11) is 1.49. The van der Waals surface area contributed by atoms with E-state index in [-0.39, 0.29) is 0 Å². The summed E-state index contributed by atoms with van der Waals surface area (Å²) >= 11 is 0. The van der Waals surface area contributed by atoms with E-state index < -0.39 is 12.7 Å². The van der Waals surface area contributed by atoms with E-state index >= 15 is 0 Å². The number of nitrogens with zero attached hydrogens (tertiary/aromatic N) is 1. The summed E-state index contributed by atoms with van der Waals surface area (Å²) in [4.78, 5) is 1.28. The van der Waals surface area contributed by atoms with Gasteiger partial charge in [0.1, 0.15) is 0 Å². The first-order valence-corrected chi connectivity index (χ1v) is 5.54. The summed E-state index contributed by atoms with van der Waals surface area (Å²) in [6.07, 6.45) is -2.21. The van der Waals surface area contributed by atoms with Crippen LogP contribution in [0.2, 0.25) is 0 Å². The molecule has 1 saturated heterocycles. The van der Waals surface area contributed by atoms with E-state index in [2.05, 4.69) is 5.32 Å². The molecule has 0 saturated carbocycles. The minimum absolute atomic E-state index is 0.396. The number of rotatable bonds is 5. The highest BCUT2D eigenvalue weighted by atomic mass is 19.4. The number of ether oxygens (including phenoxy) is 1. The van der Waals surface area contributed by atoms with Gasteiger partial charge < -0.3 is 10.1 Å². The van der Waals surface area contributed by atoms with Crippen LogP contribution in [0.25, 0.3) is 0 Å². The molecule has 0 aromatic heterocycles. The van der Waals surface area contributed by atoms with E-state index in [1.54, 1.807) is 0 Å². The first-order chi connectivity index (χ1) is 7.47. The Labute approximate surface area is 93.9 Å². The van der Waals surface area contributed by atoms with E-state index in [1.165, 1.54) is 11.9 Å². The summed E-state index contributed by atoms with van der Waals surface area (Å²) in [5.41, 5.74) is 0. The molecule has 3 nitrogen and oxygen atoms in total. The van der Waals surface area contributed by atoms with Crippen molar-refractivity contribution in [2.75, 3.05) is 39.9 Å². The second kappa shape index (κ2) is 6.42. The SMILES string of the molecule is CN(CCNC1CCOCC1)CC(F)(F)F. The fraction of sp³-hybridized carbons (Fsp3) is 1.00. The molecule has 0 aromatic carbocycles. The van der Waals surface area contributed by atoms with E-state index in [1.807, 2.05) is 0 Å². The van der Waals surface area contributed by atoms with Gasteiger partial charge in [-0.25, -0.2) is 0 Å². The average Bonchev–Trinajstić information content (AvgIpc) is 2.16. The van der Waals surface area contributed by atoms with Crippen molar-refractivity contribution in [1.82, 2.24) is 10.2 Å². The third-order valence-electron chi connectivity index (χ3n) is 2.60. The van der Waals surface area contributed by atoms with E-state index in [0.29, 0.717) is 19.1 Å². The van der Waals surface area contributed by atoms with Crippen molar-refractivity contribution in [3.8, 4) is 0 Å². The molecule has 0 aliphatic carbocycles. The van der Waals surface area contributed by atoms with Crippen LogP contribution in [-0.2, 0) is 4.74 Å². The summed E-state index contributed by atoms with van der Waals surface area (Å²) in [5, 5.41) is 3.25. The Morgan fingerprint density at radius 1 is 1.31 bits per heavy atom. The number of likely N-dealkylation sites (N-methyl/N-ethyl adjacent to an activating group) is 1. The molecule has 1 aliphatic heterocycles. The lowest BCUT2D eigenvalue weighted by Gasteiger charge is -2.25. The molecule has 0 bridgehead atoms. The third-order valence-corrected chi connectivity index (χ3v) is 2.60. The number of hydrogen-bond donors (Lipinski definition) is 1. The third kappa shape index (κ3) is 6.30. The molecular formula is C10H19F3N2O. The maximum atomic E-state index is 12.0.